The second kappa shape index (κ2) is 8.49. The highest BCUT2D eigenvalue weighted by Gasteiger charge is 2.25. The summed E-state index contributed by atoms with van der Waals surface area (Å²) in [4.78, 5) is 12.2. The second-order valence-electron chi connectivity index (χ2n) is 5.53. The number of hydrogen-bond acceptors (Lipinski definition) is 5. The van der Waals surface area contributed by atoms with Crippen molar-refractivity contribution in [1.29, 1.82) is 0 Å². The summed E-state index contributed by atoms with van der Waals surface area (Å²) >= 11 is 6.01. The van der Waals surface area contributed by atoms with Gasteiger partial charge in [-0.25, -0.2) is 9.18 Å². The summed E-state index contributed by atoms with van der Waals surface area (Å²) in [5.41, 5.74) is 1.12. The van der Waals surface area contributed by atoms with E-state index in [9.17, 15) is 9.18 Å². The SMILES string of the molecule is CCOC(=O)c1ccc(OCc2c(F)cccc2Cl)cc1C1OCCO1. The first-order chi connectivity index (χ1) is 12.6. The van der Waals surface area contributed by atoms with Gasteiger partial charge in [-0.15, -0.1) is 0 Å². The molecule has 0 N–H and O–H groups in total. The van der Waals surface area contributed by atoms with E-state index in [2.05, 4.69) is 0 Å². The molecule has 1 heterocycles. The van der Waals surface area contributed by atoms with Crippen LogP contribution < -0.4 is 4.74 Å². The van der Waals surface area contributed by atoms with E-state index in [4.69, 9.17) is 30.5 Å². The molecule has 0 spiro atoms. The van der Waals surface area contributed by atoms with Gasteiger partial charge in [0, 0.05) is 11.1 Å². The first kappa shape index (κ1) is 18.6. The molecule has 1 saturated heterocycles. The predicted octanol–water partition coefficient (Wildman–Crippen LogP) is 4.28. The van der Waals surface area contributed by atoms with Crippen molar-refractivity contribution in [2.45, 2.75) is 19.8 Å². The number of carbonyl (C=O) groups is 1. The van der Waals surface area contributed by atoms with E-state index in [1.54, 1.807) is 31.2 Å². The molecular weight excluding hydrogens is 363 g/mol. The number of rotatable bonds is 6. The number of esters is 1. The van der Waals surface area contributed by atoms with Gasteiger partial charge in [-0.2, -0.15) is 0 Å². The number of halogens is 2. The van der Waals surface area contributed by atoms with Gasteiger partial charge in [0.25, 0.3) is 0 Å². The topological polar surface area (TPSA) is 54.0 Å². The quantitative estimate of drug-likeness (QED) is 0.700. The molecule has 26 heavy (non-hydrogen) atoms. The molecule has 2 aromatic carbocycles. The maximum Gasteiger partial charge on any atom is 0.338 e. The Bertz CT molecular complexity index is 769. The Balaban J connectivity index is 1.84. The van der Waals surface area contributed by atoms with E-state index in [1.165, 1.54) is 12.1 Å². The van der Waals surface area contributed by atoms with Crippen molar-refractivity contribution < 1.29 is 28.1 Å². The van der Waals surface area contributed by atoms with E-state index >= 15 is 0 Å². The zero-order chi connectivity index (χ0) is 18.5. The van der Waals surface area contributed by atoms with Crippen LogP contribution in [0.1, 0.15) is 34.7 Å². The minimum Gasteiger partial charge on any atom is -0.489 e. The number of benzene rings is 2. The highest BCUT2D eigenvalue weighted by Crippen LogP contribution is 2.31. The molecule has 0 saturated carbocycles. The van der Waals surface area contributed by atoms with Gasteiger partial charge in [-0.1, -0.05) is 17.7 Å². The van der Waals surface area contributed by atoms with Crippen LogP contribution in [0, 0.1) is 5.82 Å². The Labute approximate surface area is 155 Å². The molecule has 0 bridgehead atoms. The van der Waals surface area contributed by atoms with Crippen LogP contribution in [0.25, 0.3) is 0 Å². The van der Waals surface area contributed by atoms with Crippen molar-refractivity contribution in [3.8, 4) is 5.75 Å². The lowest BCUT2D eigenvalue weighted by atomic mass is 10.1. The molecule has 0 atom stereocenters. The standard InChI is InChI=1S/C19H18ClFO5/c1-2-23-18(22)13-7-6-12(10-14(13)19-24-8-9-25-19)26-11-15-16(20)4-3-5-17(15)21/h3-7,10,19H,2,8-9,11H2,1H3. The lowest BCUT2D eigenvalue weighted by molar-refractivity contribution is -0.0451. The van der Waals surface area contributed by atoms with E-state index < -0.39 is 18.1 Å². The summed E-state index contributed by atoms with van der Waals surface area (Å²) in [5, 5.41) is 0.288. The van der Waals surface area contributed by atoms with Gasteiger partial charge in [0.2, 0.25) is 0 Å². The van der Waals surface area contributed by atoms with Gasteiger partial charge >= 0.3 is 5.97 Å². The number of carbonyl (C=O) groups excluding carboxylic acids is 1. The zero-order valence-corrected chi connectivity index (χ0v) is 14.9. The largest absolute Gasteiger partial charge is 0.489 e. The average molecular weight is 381 g/mol. The third-order valence-electron chi connectivity index (χ3n) is 3.84. The van der Waals surface area contributed by atoms with E-state index in [0.717, 1.165) is 0 Å². The Morgan fingerprint density at radius 1 is 1.27 bits per heavy atom. The summed E-state index contributed by atoms with van der Waals surface area (Å²) in [7, 11) is 0. The van der Waals surface area contributed by atoms with Gasteiger partial charge in [-0.3, -0.25) is 0 Å². The molecule has 2 aromatic rings. The molecule has 0 amide bonds. The smallest absolute Gasteiger partial charge is 0.338 e. The summed E-state index contributed by atoms with van der Waals surface area (Å²) in [5.74, 6) is -0.472. The number of ether oxygens (including phenoxy) is 4. The van der Waals surface area contributed by atoms with E-state index in [1.807, 2.05) is 0 Å². The first-order valence-electron chi connectivity index (χ1n) is 8.20. The molecule has 0 aliphatic carbocycles. The fourth-order valence-electron chi connectivity index (χ4n) is 2.58. The van der Waals surface area contributed by atoms with Crippen molar-refractivity contribution in [2.75, 3.05) is 19.8 Å². The van der Waals surface area contributed by atoms with E-state index in [-0.39, 0.29) is 23.8 Å². The van der Waals surface area contributed by atoms with Crippen LogP contribution in [-0.4, -0.2) is 25.8 Å². The van der Waals surface area contributed by atoms with Crippen LogP contribution in [0.4, 0.5) is 4.39 Å². The summed E-state index contributed by atoms with van der Waals surface area (Å²) in [6, 6.07) is 9.27. The monoisotopic (exact) mass is 380 g/mol. The molecule has 0 unspecified atom stereocenters. The Morgan fingerprint density at radius 2 is 2.04 bits per heavy atom. The Kier molecular flexibility index (Phi) is 6.08. The molecular formula is C19H18ClFO5. The molecule has 1 aliphatic heterocycles. The van der Waals surface area contributed by atoms with Gasteiger partial charge in [0.05, 0.1) is 30.4 Å². The van der Waals surface area contributed by atoms with Crippen molar-refractivity contribution in [2.24, 2.45) is 0 Å². The van der Waals surface area contributed by atoms with E-state index in [0.29, 0.717) is 30.1 Å². The molecule has 5 nitrogen and oxygen atoms in total. The van der Waals surface area contributed by atoms with Gasteiger partial charge < -0.3 is 18.9 Å². The Morgan fingerprint density at radius 3 is 2.73 bits per heavy atom. The van der Waals surface area contributed by atoms with Crippen LogP contribution in [0.5, 0.6) is 5.75 Å². The fraction of sp³-hybridized carbons (Fsp3) is 0.316. The number of hydrogen-bond donors (Lipinski definition) is 0. The van der Waals surface area contributed by atoms with Gasteiger partial charge in [0.15, 0.2) is 6.29 Å². The molecule has 0 radical (unpaired) electrons. The highest BCUT2D eigenvalue weighted by atomic mass is 35.5. The molecule has 7 heteroatoms. The van der Waals surface area contributed by atoms with Crippen molar-refractivity contribution in [3.05, 3.63) is 63.9 Å². The minimum absolute atomic E-state index is 0.0456. The third kappa shape index (κ3) is 4.15. The van der Waals surface area contributed by atoms with Crippen molar-refractivity contribution in [3.63, 3.8) is 0 Å². The highest BCUT2D eigenvalue weighted by molar-refractivity contribution is 6.31. The molecule has 1 fully saturated rings. The molecule has 3 rings (SSSR count). The lowest BCUT2D eigenvalue weighted by Gasteiger charge is -2.16. The lowest BCUT2D eigenvalue weighted by Crippen LogP contribution is -2.12. The summed E-state index contributed by atoms with van der Waals surface area (Å²) in [6.45, 7) is 2.81. The van der Waals surface area contributed by atoms with Crippen molar-refractivity contribution in [1.82, 2.24) is 0 Å². The second-order valence-corrected chi connectivity index (χ2v) is 5.94. The minimum atomic E-state index is -0.671. The Hall–Kier alpha value is -2.15. The fourth-order valence-corrected chi connectivity index (χ4v) is 2.80. The summed E-state index contributed by atoms with van der Waals surface area (Å²) < 4.78 is 35.6. The normalized spacial score (nSPS) is 14.4. The average Bonchev–Trinajstić information content (AvgIpc) is 3.16. The van der Waals surface area contributed by atoms with Gasteiger partial charge in [-0.05, 0) is 37.3 Å². The first-order valence-corrected chi connectivity index (χ1v) is 8.58. The molecule has 138 valence electrons. The van der Waals surface area contributed by atoms with Crippen LogP contribution in [0.3, 0.4) is 0 Å². The zero-order valence-electron chi connectivity index (χ0n) is 14.2. The molecule has 0 aromatic heterocycles. The van der Waals surface area contributed by atoms with Gasteiger partial charge in [0.1, 0.15) is 18.2 Å². The van der Waals surface area contributed by atoms with Crippen LogP contribution >= 0.6 is 11.6 Å². The maximum absolute atomic E-state index is 13.9. The van der Waals surface area contributed by atoms with Crippen LogP contribution in [0.15, 0.2) is 36.4 Å². The predicted molar refractivity (Wildman–Crippen MR) is 92.8 cm³/mol. The summed E-state index contributed by atoms with van der Waals surface area (Å²) in [6.07, 6.45) is -0.671. The molecule has 1 aliphatic rings. The third-order valence-corrected chi connectivity index (χ3v) is 4.19. The maximum atomic E-state index is 13.9. The van der Waals surface area contributed by atoms with Crippen LogP contribution in [-0.2, 0) is 20.8 Å². The van der Waals surface area contributed by atoms with Crippen molar-refractivity contribution >= 4 is 17.6 Å². The van der Waals surface area contributed by atoms with Crippen LogP contribution in [0.2, 0.25) is 5.02 Å².